The number of benzene rings is 2. The van der Waals surface area contributed by atoms with E-state index in [1.807, 2.05) is 6.07 Å². The first-order chi connectivity index (χ1) is 14.3. The van der Waals surface area contributed by atoms with Crippen LogP contribution >= 0.6 is 23.2 Å². The van der Waals surface area contributed by atoms with Crippen molar-refractivity contribution in [2.75, 3.05) is 20.8 Å². The van der Waals surface area contributed by atoms with Crippen LogP contribution in [0.15, 0.2) is 24.3 Å². The van der Waals surface area contributed by atoms with E-state index in [1.54, 1.807) is 33.8 Å². The van der Waals surface area contributed by atoms with E-state index in [0.29, 0.717) is 38.4 Å². The molecule has 0 fully saturated rings. The van der Waals surface area contributed by atoms with Gasteiger partial charge in [-0.25, -0.2) is 0 Å². The third-order valence-corrected chi connectivity index (χ3v) is 4.73. The van der Waals surface area contributed by atoms with Crippen LogP contribution in [0, 0.1) is 11.3 Å². The molecule has 0 amide bonds. The smallest absolute Gasteiger partial charge is 0.174 e. The van der Waals surface area contributed by atoms with Crippen molar-refractivity contribution in [3.05, 3.63) is 45.4 Å². The summed E-state index contributed by atoms with van der Waals surface area (Å²) >= 11 is 11.7. The second-order valence-corrected chi connectivity index (χ2v) is 8.37. The molecule has 170 valence electrons. The van der Waals surface area contributed by atoms with E-state index in [0.717, 1.165) is 0 Å². The van der Waals surface area contributed by atoms with Gasteiger partial charge in [0.1, 0.15) is 29.1 Å². The Labute approximate surface area is 192 Å². The summed E-state index contributed by atoms with van der Waals surface area (Å²) < 4.78 is 15.3. The molecule has 7 nitrogen and oxygen atoms in total. The van der Waals surface area contributed by atoms with Gasteiger partial charge in [0, 0.05) is 23.3 Å². The highest BCUT2D eigenvalue weighted by Gasteiger charge is 2.24. The van der Waals surface area contributed by atoms with Gasteiger partial charge in [0.05, 0.1) is 35.5 Å². The van der Waals surface area contributed by atoms with Gasteiger partial charge in [0.15, 0.2) is 6.61 Å². The average molecular weight is 472 g/mol. The third kappa shape index (κ3) is 7.37. The molecule has 0 aliphatic rings. The minimum Gasteiger partial charge on any atom is -0.508 e. The molecule has 0 saturated carbocycles. The molecular weight excluding hydrogens is 445 g/mol. The van der Waals surface area contributed by atoms with Gasteiger partial charge >= 0.3 is 0 Å². The maximum atomic E-state index is 10.0. The van der Waals surface area contributed by atoms with E-state index in [4.69, 9.17) is 42.7 Å². The van der Waals surface area contributed by atoms with Gasteiger partial charge in [-0.2, -0.15) is 5.26 Å². The van der Waals surface area contributed by atoms with Gasteiger partial charge in [0.25, 0.3) is 0 Å². The van der Waals surface area contributed by atoms with Crippen molar-refractivity contribution < 1.29 is 29.5 Å². The maximum Gasteiger partial charge on any atom is 0.174 e. The van der Waals surface area contributed by atoms with Crippen LogP contribution < -0.4 is 14.2 Å². The highest BCUT2D eigenvalue weighted by molar-refractivity contribution is 6.32. The number of aromatic hydroxyl groups is 1. The van der Waals surface area contributed by atoms with Gasteiger partial charge in [-0.3, -0.25) is 0 Å². The number of rotatable bonds is 6. The number of nitriles is 1. The summed E-state index contributed by atoms with van der Waals surface area (Å²) in [6, 6.07) is 7.88. The predicted molar refractivity (Wildman–Crippen MR) is 119 cm³/mol. The number of phenolic OH excluding ortho intramolecular Hbond substituents is 1. The molecule has 0 aliphatic carbocycles. The zero-order valence-electron chi connectivity index (χ0n) is 18.3. The monoisotopic (exact) mass is 471 g/mol. The lowest BCUT2D eigenvalue weighted by Crippen LogP contribution is -2.17. The van der Waals surface area contributed by atoms with Crippen LogP contribution in [0.2, 0.25) is 10.0 Å². The molecule has 0 bridgehead atoms. The largest absolute Gasteiger partial charge is 0.508 e. The van der Waals surface area contributed by atoms with E-state index in [-0.39, 0.29) is 12.4 Å². The molecule has 2 rings (SSSR count). The number of hydrogen-bond acceptors (Lipinski definition) is 7. The van der Waals surface area contributed by atoms with Crippen molar-refractivity contribution in [2.45, 2.75) is 38.9 Å². The molecule has 9 heteroatoms. The summed E-state index contributed by atoms with van der Waals surface area (Å²) in [6.45, 7) is 6.29. The first kappa shape index (κ1) is 26.7. The van der Waals surface area contributed by atoms with Gasteiger partial charge < -0.3 is 29.5 Å². The number of hydrogen-bond donors (Lipinski definition) is 3. The number of halogens is 2. The lowest BCUT2D eigenvalue weighted by Gasteiger charge is -2.22. The summed E-state index contributed by atoms with van der Waals surface area (Å²) in [7, 11) is 2.97. The predicted octanol–water partition coefficient (Wildman–Crippen LogP) is 4.76. The molecule has 0 unspecified atom stereocenters. The molecule has 0 heterocycles. The Kier molecular flexibility index (Phi) is 9.27. The molecule has 31 heavy (non-hydrogen) atoms. The van der Waals surface area contributed by atoms with Crippen LogP contribution in [0.3, 0.4) is 0 Å². The fraction of sp³-hybridized carbons (Fsp3) is 0.409. The van der Waals surface area contributed by atoms with E-state index >= 15 is 0 Å². The zero-order valence-corrected chi connectivity index (χ0v) is 19.8. The Morgan fingerprint density at radius 2 is 1.29 bits per heavy atom. The zero-order chi connectivity index (χ0) is 24.0. The quantitative estimate of drug-likeness (QED) is 0.556. The van der Waals surface area contributed by atoms with Crippen LogP contribution in [0.1, 0.15) is 38.8 Å². The van der Waals surface area contributed by atoms with Crippen molar-refractivity contribution in [2.24, 2.45) is 0 Å². The van der Waals surface area contributed by atoms with Crippen LogP contribution in [0.5, 0.6) is 23.0 Å². The van der Waals surface area contributed by atoms with Crippen LogP contribution in [-0.2, 0) is 11.2 Å². The van der Waals surface area contributed by atoms with E-state index < -0.39 is 11.2 Å². The first-order valence-electron chi connectivity index (χ1n) is 9.15. The molecule has 0 radical (unpaired) electrons. The topological polar surface area (TPSA) is 112 Å². The number of nitrogens with zero attached hydrogens (tertiary/aromatic N) is 1. The van der Waals surface area contributed by atoms with Crippen molar-refractivity contribution in [1.29, 1.82) is 5.26 Å². The average Bonchev–Trinajstić information content (AvgIpc) is 2.65. The molecule has 0 spiro atoms. The number of phenols is 1. The molecule has 0 atom stereocenters. The van der Waals surface area contributed by atoms with E-state index in [2.05, 4.69) is 0 Å². The van der Waals surface area contributed by atoms with Crippen molar-refractivity contribution in [3.8, 4) is 29.1 Å². The van der Waals surface area contributed by atoms with Gasteiger partial charge in [0.2, 0.25) is 0 Å². The minimum absolute atomic E-state index is 0.0386. The fourth-order valence-corrected chi connectivity index (χ4v) is 3.05. The molecule has 0 aromatic heterocycles. The second kappa shape index (κ2) is 10.8. The highest BCUT2D eigenvalue weighted by Crippen LogP contribution is 2.38. The summed E-state index contributed by atoms with van der Waals surface area (Å²) in [5.74, 6) is 1.22. The molecule has 0 saturated heterocycles. The maximum absolute atomic E-state index is 10.0. The van der Waals surface area contributed by atoms with Crippen molar-refractivity contribution >= 4 is 23.2 Å². The van der Waals surface area contributed by atoms with Crippen LogP contribution in [-0.4, -0.2) is 36.1 Å². The van der Waals surface area contributed by atoms with Gasteiger partial charge in [-0.15, -0.1) is 0 Å². The highest BCUT2D eigenvalue weighted by atomic mass is 35.5. The Morgan fingerprint density at radius 3 is 1.71 bits per heavy atom. The Morgan fingerprint density at radius 1 is 0.839 bits per heavy atom. The standard InChI is InChI=1S/C12H14ClNO3.C10H13ClO3/c1-12(2,15)8-6-11(16-3)9(13)7-10(8)17-5-4-14;1-10(2,13)6-4-9(14-3)7(11)5-8(6)12/h6-7,15H,5H2,1-3H3;4-5,12-13H,1-3H3. The van der Waals surface area contributed by atoms with E-state index in [9.17, 15) is 15.3 Å². The molecule has 3 N–H and O–H groups in total. The molecule has 2 aromatic carbocycles. The number of aliphatic hydroxyl groups is 2. The molecule has 2 aromatic rings. The SMILES string of the molecule is COc1cc(C(C)(C)O)c(O)cc1Cl.COc1cc(C(C)(C)O)c(OCC#N)cc1Cl. The van der Waals surface area contributed by atoms with Gasteiger partial charge in [-0.05, 0) is 39.8 Å². The Bertz CT molecular complexity index is 943. The summed E-state index contributed by atoms with van der Waals surface area (Å²) in [6.07, 6.45) is 0. The van der Waals surface area contributed by atoms with Crippen molar-refractivity contribution in [3.63, 3.8) is 0 Å². The summed E-state index contributed by atoms with van der Waals surface area (Å²) in [5, 5.41) is 38.5. The Hall–Kier alpha value is -2.37. The minimum atomic E-state index is -1.12. The summed E-state index contributed by atoms with van der Waals surface area (Å²) in [4.78, 5) is 0. The number of methoxy groups -OCH3 is 2. The first-order valence-corrected chi connectivity index (χ1v) is 9.91. The third-order valence-electron chi connectivity index (χ3n) is 4.13. The van der Waals surface area contributed by atoms with Crippen molar-refractivity contribution in [1.82, 2.24) is 0 Å². The summed E-state index contributed by atoms with van der Waals surface area (Å²) in [5.41, 5.74) is -1.32. The normalized spacial score (nSPS) is 11.1. The van der Waals surface area contributed by atoms with Gasteiger partial charge in [-0.1, -0.05) is 23.2 Å². The fourth-order valence-electron chi connectivity index (χ4n) is 2.59. The van der Waals surface area contributed by atoms with E-state index in [1.165, 1.54) is 32.4 Å². The lowest BCUT2D eigenvalue weighted by molar-refractivity contribution is 0.0745. The Balaban J connectivity index is 0.000000316. The van der Waals surface area contributed by atoms with Crippen LogP contribution in [0.4, 0.5) is 0 Å². The lowest BCUT2D eigenvalue weighted by atomic mass is 9.97. The van der Waals surface area contributed by atoms with Crippen LogP contribution in [0.25, 0.3) is 0 Å². The second-order valence-electron chi connectivity index (χ2n) is 7.55. The number of ether oxygens (including phenoxy) is 3. The molecular formula is C22H27Cl2NO6. The molecule has 0 aliphatic heterocycles.